The molecule has 0 radical (unpaired) electrons. The minimum atomic E-state index is -1.22. The third-order valence-corrected chi connectivity index (χ3v) is 7.52. The van der Waals surface area contributed by atoms with Crippen LogP contribution in [0, 0.1) is 11.7 Å². The van der Waals surface area contributed by atoms with Gasteiger partial charge in [-0.05, 0) is 59.6 Å². The summed E-state index contributed by atoms with van der Waals surface area (Å²) in [6, 6.07) is 21.4. The van der Waals surface area contributed by atoms with Gasteiger partial charge in [-0.3, -0.25) is 4.79 Å². The fourth-order valence-electron chi connectivity index (χ4n) is 5.32. The van der Waals surface area contributed by atoms with Crippen LogP contribution in [-0.2, 0) is 27.5 Å². The van der Waals surface area contributed by atoms with E-state index in [0.717, 1.165) is 42.4 Å². The van der Waals surface area contributed by atoms with Crippen LogP contribution in [0.2, 0.25) is 0 Å². The Bertz CT molecular complexity index is 1300. The number of amides is 2. The van der Waals surface area contributed by atoms with Crippen molar-refractivity contribution in [2.75, 3.05) is 6.54 Å². The Balaban J connectivity index is 1.42. The van der Waals surface area contributed by atoms with Crippen LogP contribution in [0.3, 0.4) is 0 Å². The van der Waals surface area contributed by atoms with E-state index in [-0.39, 0.29) is 31.2 Å². The zero-order valence-electron chi connectivity index (χ0n) is 23.3. The van der Waals surface area contributed by atoms with Gasteiger partial charge in [0.05, 0.1) is 0 Å². The second kappa shape index (κ2) is 15.0. The van der Waals surface area contributed by atoms with Gasteiger partial charge in [-0.25, -0.2) is 14.0 Å². The van der Waals surface area contributed by atoms with Gasteiger partial charge in [0.15, 0.2) is 0 Å². The number of benzene rings is 3. The molecule has 7 nitrogen and oxygen atoms in total. The van der Waals surface area contributed by atoms with Gasteiger partial charge in [-0.15, -0.1) is 0 Å². The molecule has 1 aliphatic carbocycles. The van der Waals surface area contributed by atoms with Crippen molar-refractivity contribution in [1.82, 2.24) is 10.6 Å². The summed E-state index contributed by atoms with van der Waals surface area (Å²) in [7, 11) is 0. The van der Waals surface area contributed by atoms with Crippen LogP contribution in [0.1, 0.15) is 72.0 Å². The van der Waals surface area contributed by atoms with E-state index >= 15 is 0 Å². The second-order valence-corrected chi connectivity index (χ2v) is 10.4. The first-order valence-corrected chi connectivity index (χ1v) is 14.2. The number of esters is 1. The number of alkyl carbamates (subject to hydrolysis) is 1. The monoisotopic (exact) mass is 560 g/mol. The van der Waals surface area contributed by atoms with E-state index in [9.17, 15) is 18.8 Å². The highest BCUT2D eigenvalue weighted by Crippen LogP contribution is 2.40. The van der Waals surface area contributed by atoms with Gasteiger partial charge in [-0.2, -0.15) is 0 Å². The first kappa shape index (κ1) is 29.8. The Kier molecular flexibility index (Phi) is 10.9. The fraction of sp³-hybridized carbons (Fsp3) is 0.364. The van der Waals surface area contributed by atoms with Gasteiger partial charge in [0.25, 0.3) is 5.91 Å². The average molecular weight is 561 g/mol. The minimum absolute atomic E-state index is 0.00188. The lowest BCUT2D eigenvalue weighted by molar-refractivity contribution is -0.147. The van der Waals surface area contributed by atoms with Crippen molar-refractivity contribution in [3.8, 4) is 0 Å². The molecule has 0 spiro atoms. The SMILES string of the molecule is CCC1CCCCC1c1cc(F)cc(C(=O)NC[C@@H](NC(=O)OCc2ccccc2)C(=O)OCc2ccccc2)c1. The molecule has 0 heterocycles. The van der Waals surface area contributed by atoms with Crippen molar-refractivity contribution in [3.63, 3.8) is 0 Å². The lowest BCUT2D eigenvalue weighted by Crippen LogP contribution is -2.49. The number of nitrogens with one attached hydrogen (secondary N) is 2. The molecule has 1 aliphatic rings. The molecule has 3 atom stereocenters. The third-order valence-electron chi connectivity index (χ3n) is 7.52. The normalized spacial score (nSPS) is 17.2. The third kappa shape index (κ3) is 8.90. The summed E-state index contributed by atoms with van der Waals surface area (Å²) >= 11 is 0. The predicted octanol–water partition coefficient (Wildman–Crippen LogP) is 6.28. The molecule has 8 heteroatoms. The van der Waals surface area contributed by atoms with E-state index in [1.54, 1.807) is 6.07 Å². The van der Waals surface area contributed by atoms with Crippen LogP contribution < -0.4 is 10.6 Å². The van der Waals surface area contributed by atoms with Gasteiger partial charge < -0.3 is 20.1 Å². The molecule has 2 unspecified atom stereocenters. The molecule has 0 bridgehead atoms. The standard InChI is InChI=1S/C33H37FN2O5/c1-2-25-15-9-10-16-29(25)26-17-27(19-28(34)18-26)31(37)35-20-30(32(38)40-21-23-11-5-3-6-12-23)36-33(39)41-22-24-13-7-4-8-14-24/h3-8,11-14,17-19,25,29-30H,2,9-10,15-16,20-22H2,1H3,(H,35,37)(H,36,39)/t25?,29?,30-/m1/s1. The van der Waals surface area contributed by atoms with Crippen molar-refractivity contribution in [1.29, 1.82) is 0 Å². The van der Waals surface area contributed by atoms with Crippen molar-refractivity contribution < 1.29 is 28.2 Å². The summed E-state index contributed by atoms with van der Waals surface area (Å²) in [6.07, 6.45) is 4.48. The van der Waals surface area contributed by atoms with Crippen LogP contribution >= 0.6 is 0 Å². The van der Waals surface area contributed by atoms with E-state index in [2.05, 4.69) is 17.6 Å². The van der Waals surface area contributed by atoms with E-state index in [0.29, 0.717) is 5.92 Å². The Morgan fingerprint density at radius 3 is 2.17 bits per heavy atom. The van der Waals surface area contributed by atoms with E-state index in [1.165, 1.54) is 18.6 Å². The zero-order valence-corrected chi connectivity index (χ0v) is 23.3. The lowest BCUT2D eigenvalue weighted by Gasteiger charge is -2.31. The number of carbonyl (C=O) groups is 3. The van der Waals surface area contributed by atoms with Gasteiger partial charge in [0.2, 0.25) is 0 Å². The largest absolute Gasteiger partial charge is 0.459 e. The van der Waals surface area contributed by atoms with Crippen LogP contribution in [-0.4, -0.2) is 30.6 Å². The maximum Gasteiger partial charge on any atom is 0.408 e. The van der Waals surface area contributed by atoms with Crippen molar-refractivity contribution in [2.45, 2.75) is 64.2 Å². The molecule has 41 heavy (non-hydrogen) atoms. The minimum Gasteiger partial charge on any atom is -0.459 e. The molecule has 4 rings (SSSR count). The molecule has 216 valence electrons. The molecule has 0 aromatic heterocycles. The molecular formula is C33H37FN2O5. The molecule has 0 saturated heterocycles. The number of carbonyl (C=O) groups excluding carboxylic acids is 3. The van der Waals surface area contributed by atoms with Crippen molar-refractivity contribution in [3.05, 3.63) is 107 Å². The van der Waals surface area contributed by atoms with Crippen LogP contribution in [0.5, 0.6) is 0 Å². The first-order chi connectivity index (χ1) is 19.9. The maximum absolute atomic E-state index is 14.6. The van der Waals surface area contributed by atoms with Gasteiger partial charge in [0, 0.05) is 12.1 Å². The summed E-state index contributed by atoms with van der Waals surface area (Å²) in [4.78, 5) is 38.6. The lowest BCUT2D eigenvalue weighted by atomic mass is 9.74. The van der Waals surface area contributed by atoms with Crippen LogP contribution in [0.4, 0.5) is 9.18 Å². The Labute approximate surface area is 240 Å². The zero-order chi connectivity index (χ0) is 29.0. The Morgan fingerprint density at radius 2 is 1.51 bits per heavy atom. The van der Waals surface area contributed by atoms with E-state index in [4.69, 9.17) is 9.47 Å². The topological polar surface area (TPSA) is 93.7 Å². The van der Waals surface area contributed by atoms with Gasteiger partial charge in [-0.1, -0.05) is 86.8 Å². The molecule has 2 amide bonds. The van der Waals surface area contributed by atoms with Crippen molar-refractivity contribution in [2.24, 2.45) is 5.92 Å². The molecule has 3 aromatic carbocycles. The number of rotatable bonds is 11. The summed E-state index contributed by atoms with van der Waals surface area (Å²) in [5.41, 5.74) is 2.55. The predicted molar refractivity (Wildman–Crippen MR) is 154 cm³/mol. The smallest absolute Gasteiger partial charge is 0.408 e. The number of hydrogen-bond donors (Lipinski definition) is 2. The van der Waals surface area contributed by atoms with Crippen LogP contribution in [0.15, 0.2) is 78.9 Å². The summed E-state index contributed by atoms with van der Waals surface area (Å²) < 4.78 is 25.3. The number of hydrogen-bond acceptors (Lipinski definition) is 5. The highest BCUT2D eigenvalue weighted by molar-refractivity contribution is 5.95. The molecular weight excluding hydrogens is 523 g/mol. The summed E-state index contributed by atoms with van der Waals surface area (Å²) in [5.74, 6) is -1.10. The summed E-state index contributed by atoms with van der Waals surface area (Å²) in [5, 5.41) is 5.16. The maximum atomic E-state index is 14.6. The van der Waals surface area contributed by atoms with E-state index < -0.39 is 29.8 Å². The van der Waals surface area contributed by atoms with Crippen molar-refractivity contribution >= 4 is 18.0 Å². The fourth-order valence-corrected chi connectivity index (χ4v) is 5.32. The second-order valence-electron chi connectivity index (χ2n) is 10.4. The van der Waals surface area contributed by atoms with E-state index in [1.807, 2.05) is 60.7 Å². The average Bonchev–Trinajstić information content (AvgIpc) is 3.01. The van der Waals surface area contributed by atoms with Crippen LogP contribution in [0.25, 0.3) is 0 Å². The van der Waals surface area contributed by atoms with Gasteiger partial charge in [0.1, 0.15) is 25.1 Å². The quantitative estimate of drug-likeness (QED) is 0.269. The number of ether oxygens (including phenoxy) is 2. The highest BCUT2D eigenvalue weighted by atomic mass is 19.1. The molecule has 2 N–H and O–H groups in total. The Hall–Kier alpha value is -4.20. The summed E-state index contributed by atoms with van der Waals surface area (Å²) in [6.45, 7) is 1.89. The molecule has 1 fully saturated rings. The molecule has 0 aliphatic heterocycles. The highest BCUT2D eigenvalue weighted by Gasteiger charge is 2.27. The molecule has 1 saturated carbocycles. The number of halogens is 1. The Morgan fingerprint density at radius 1 is 0.878 bits per heavy atom. The first-order valence-electron chi connectivity index (χ1n) is 14.2. The molecule has 3 aromatic rings. The van der Waals surface area contributed by atoms with Gasteiger partial charge >= 0.3 is 12.1 Å².